The lowest BCUT2D eigenvalue weighted by Gasteiger charge is -2.74. The Morgan fingerprint density at radius 1 is 1.18 bits per heavy atom. The molecule has 1 aromatic heterocycles. The second-order valence-corrected chi connectivity index (χ2v) is 9.67. The first-order valence-electron chi connectivity index (χ1n) is 9.07. The van der Waals surface area contributed by atoms with Gasteiger partial charge in [0.05, 0.1) is 27.4 Å². The zero-order valence-electron chi connectivity index (χ0n) is 16.1. The molecule has 3 saturated carbocycles. The lowest BCUT2D eigenvalue weighted by atomic mass is 9.43. The number of esters is 1. The first kappa shape index (κ1) is 19.3. The molecular formula is C17H24N4O6S. The fraction of sp³-hybridized carbons (Fsp3) is 0.706. The molecule has 4 fully saturated rings. The Hall–Kier alpha value is -1.98. The van der Waals surface area contributed by atoms with Gasteiger partial charge in [0, 0.05) is 30.4 Å². The maximum atomic E-state index is 12.3. The van der Waals surface area contributed by atoms with E-state index in [0.717, 1.165) is 51.8 Å². The van der Waals surface area contributed by atoms with Crippen molar-refractivity contribution in [3.63, 3.8) is 0 Å². The molecule has 28 heavy (non-hydrogen) atoms. The molecule has 11 heteroatoms. The van der Waals surface area contributed by atoms with Crippen LogP contribution in [0.2, 0.25) is 0 Å². The summed E-state index contributed by atoms with van der Waals surface area (Å²) in [5.41, 5.74) is -0.0451. The van der Waals surface area contributed by atoms with Gasteiger partial charge in [0.15, 0.2) is 5.56 Å². The van der Waals surface area contributed by atoms with Crippen molar-refractivity contribution in [3.05, 3.63) is 5.56 Å². The second kappa shape index (κ2) is 6.53. The Balaban J connectivity index is 1.62. The van der Waals surface area contributed by atoms with Crippen LogP contribution >= 0.6 is 0 Å². The summed E-state index contributed by atoms with van der Waals surface area (Å²) in [6.45, 7) is 3.33. The minimum Gasteiger partial charge on any atom is -0.480 e. The predicted octanol–water partition coefficient (Wildman–Crippen LogP) is 0.0945. The summed E-state index contributed by atoms with van der Waals surface area (Å²) in [5, 5.41) is 2.91. The van der Waals surface area contributed by atoms with Gasteiger partial charge in [-0.25, -0.2) is 13.2 Å². The monoisotopic (exact) mass is 412 g/mol. The zero-order chi connectivity index (χ0) is 20.2. The Kier molecular flexibility index (Phi) is 4.51. The Morgan fingerprint density at radius 3 is 2.36 bits per heavy atom. The van der Waals surface area contributed by atoms with E-state index in [4.69, 9.17) is 14.2 Å². The van der Waals surface area contributed by atoms with Gasteiger partial charge in [0.2, 0.25) is 15.7 Å². The van der Waals surface area contributed by atoms with Crippen LogP contribution in [0.3, 0.4) is 0 Å². The quantitative estimate of drug-likeness (QED) is 0.508. The molecule has 0 atom stereocenters. The maximum absolute atomic E-state index is 12.3. The molecule has 10 nitrogen and oxygen atoms in total. The number of hydrogen-bond acceptors (Lipinski definition) is 10. The van der Waals surface area contributed by atoms with Crippen LogP contribution in [0.1, 0.15) is 29.6 Å². The predicted molar refractivity (Wildman–Crippen MR) is 98.4 cm³/mol. The first-order chi connectivity index (χ1) is 13.2. The van der Waals surface area contributed by atoms with E-state index >= 15 is 0 Å². The van der Waals surface area contributed by atoms with Crippen LogP contribution in [0, 0.1) is 0 Å². The molecule has 4 aliphatic rings. The minimum absolute atomic E-state index is 0.00236. The number of methoxy groups -OCH3 is 2. The van der Waals surface area contributed by atoms with E-state index in [2.05, 4.69) is 20.2 Å². The van der Waals surface area contributed by atoms with Crippen molar-refractivity contribution in [3.8, 4) is 5.88 Å². The Bertz CT molecular complexity index is 893. The number of aromatic nitrogens is 2. The number of carbonyl (C=O) groups excluding carboxylic acids is 1. The van der Waals surface area contributed by atoms with E-state index in [9.17, 15) is 13.2 Å². The topological polar surface area (TPSA) is 120 Å². The lowest BCUT2D eigenvalue weighted by molar-refractivity contribution is -0.172. The summed E-state index contributed by atoms with van der Waals surface area (Å²) in [5.74, 6) is -0.678. The molecule has 0 radical (unpaired) electrons. The van der Waals surface area contributed by atoms with Gasteiger partial charge in [-0.3, -0.25) is 4.90 Å². The van der Waals surface area contributed by atoms with Gasteiger partial charge in [0.25, 0.3) is 5.16 Å². The van der Waals surface area contributed by atoms with Crippen molar-refractivity contribution in [2.45, 2.75) is 35.5 Å². The Labute approximate surface area is 163 Å². The molecule has 0 aromatic carbocycles. The normalized spacial score (nSPS) is 29.4. The molecule has 1 saturated heterocycles. The molecule has 3 aliphatic carbocycles. The number of anilines is 1. The van der Waals surface area contributed by atoms with Crippen LogP contribution in [-0.4, -0.2) is 87.1 Å². The number of morpholine rings is 1. The second-order valence-electron chi connectivity index (χ2n) is 7.76. The molecule has 154 valence electrons. The van der Waals surface area contributed by atoms with E-state index in [1.54, 1.807) is 0 Å². The number of nitrogens with one attached hydrogen (secondary N) is 1. The van der Waals surface area contributed by atoms with Gasteiger partial charge in [0.1, 0.15) is 5.82 Å². The molecule has 2 bridgehead atoms. The van der Waals surface area contributed by atoms with Crippen LogP contribution in [0.5, 0.6) is 5.88 Å². The number of sulfone groups is 1. The highest BCUT2D eigenvalue weighted by Gasteiger charge is 2.70. The van der Waals surface area contributed by atoms with Gasteiger partial charge in [-0.05, 0) is 19.3 Å². The van der Waals surface area contributed by atoms with E-state index in [1.807, 2.05) is 0 Å². The average molecular weight is 412 g/mol. The van der Waals surface area contributed by atoms with Crippen molar-refractivity contribution in [2.75, 3.05) is 52.1 Å². The molecular weight excluding hydrogens is 388 g/mol. The SMILES string of the molecule is COC(=O)c1c(NC23CC(N4CCOCC4)(C2)C3)nc(S(C)(=O)=O)nc1OC. The number of ether oxygens (including phenoxy) is 3. The highest BCUT2D eigenvalue weighted by Crippen LogP contribution is 2.65. The van der Waals surface area contributed by atoms with Gasteiger partial charge in [-0.15, -0.1) is 0 Å². The highest BCUT2D eigenvalue weighted by atomic mass is 32.2. The van der Waals surface area contributed by atoms with Crippen molar-refractivity contribution in [1.82, 2.24) is 14.9 Å². The van der Waals surface area contributed by atoms with E-state index in [-0.39, 0.29) is 28.3 Å². The largest absolute Gasteiger partial charge is 0.480 e. The number of carbonyl (C=O) groups is 1. The summed E-state index contributed by atoms with van der Waals surface area (Å²) >= 11 is 0. The summed E-state index contributed by atoms with van der Waals surface area (Å²) < 4.78 is 39.4. The Morgan fingerprint density at radius 2 is 1.82 bits per heavy atom. The first-order valence-corrected chi connectivity index (χ1v) is 11.0. The molecule has 2 heterocycles. The number of hydrogen-bond donors (Lipinski definition) is 1. The number of nitrogens with zero attached hydrogens (tertiary/aromatic N) is 3. The zero-order valence-corrected chi connectivity index (χ0v) is 17.0. The van der Waals surface area contributed by atoms with Crippen molar-refractivity contribution in [2.24, 2.45) is 0 Å². The standard InChI is InChI=1S/C17H24N4O6S/c1-25-13-11(14(22)26-2)12(18-15(19-13)28(3,23)24)20-16-8-17(9-16,10-16)21-4-6-27-7-5-21/h4-10H2,1-3H3,(H,18,19,20). The summed E-state index contributed by atoms with van der Waals surface area (Å²) in [6.07, 6.45) is 3.72. The van der Waals surface area contributed by atoms with Crippen molar-refractivity contribution in [1.29, 1.82) is 0 Å². The van der Waals surface area contributed by atoms with Crippen LogP contribution in [0.4, 0.5) is 5.82 Å². The van der Waals surface area contributed by atoms with Gasteiger partial charge in [-0.1, -0.05) is 0 Å². The van der Waals surface area contributed by atoms with Crippen molar-refractivity contribution < 1.29 is 27.4 Å². The molecule has 5 rings (SSSR count). The molecule has 1 N–H and O–H groups in total. The maximum Gasteiger partial charge on any atom is 0.347 e. The van der Waals surface area contributed by atoms with Crippen LogP contribution in [0.15, 0.2) is 5.16 Å². The molecule has 1 aliphatic heterocycles. The number of rotatable bonds is 6. The van der Waals surface area contributed by atoms with Crippen LogP contribution in [0.25, 0.3) is 0 Å². The van der Waals surface area contributed by atoms with Gasteiger partial charge >= 0.3 is 5.97 Å². The van der Waals surface area contributed by atoms with Crippen LogP contribution in [-0.2, 0) is 19.3 Å². The third-order valence-electron chi connectivity index (χ3n) is 5.84. The fourth-order valence-electron chi connectivity index (χ4n) is 4.60. The third kappa shape index (κ3) is 3.01. The van der Waals surface area contributed by atoms with Crippen molar-refractivity contribution >= 4 is 21.6 Å². The average Bonchev–Trinajstić information content (AvgIpc) is 2.61. The molecule has 1 aromatic rings. The highest BCUT2D eigenvalue weighted by molar-refractivity contribution is 7.90. The smallest absolute Gasteiger partial charge is 0.347 e. The summed E-state index contributed by atoms with van der Waals surface area (Å²) in [4.78, 5) is 22.8. The molecule has 0 unspecified atom stereocenters. The van der Waals surface area contributed by atoms with Gasteiger partial charge in [-0.2, -0.15) is 9.97 Å². The van der Waals surface area contributed by atoms with Crippen LogP contribution < -0.4 is 10.1 Å². The summed E-state index contributed by atoms with van der Waals surface area (Å²) in [6, 6.07) is 0. The lowest BCUT2D eigenvalue weighted by Crippen LogP contribution is -2.82. The van der Waals surface area contributed by atoms with E-state index in [1.165, 1.54) is 14.2 Å². The fourth-order valence-corrected chi connectivity index (χ4v) is 5.11. The molecule has 0 spiro atoms. The van der Waals surface area contributed by atoms with E-state index in [0.29, 0.717) is 0 Å². The summed E-state index contributed by atoms with van der Waals surface area (Å²) in [7, 11) is -1.13. The third-order valence-corrected chi connectivity index (χ3v) is 6.68. The molecule has 0 amide bonds. The van der Waals surface area contributed by atoms with E-state index < -0.39 is 21.0 Å². The van der Waals surface area contributed by atoms with Gasteiger partial charge < -0.3 is 19.5 Å². The minimum atomic E-state index is -3.68.